The fraction of sp³-hybridized carbons (Fsp3) is 0.471. The number of fused-ring (bicyclic) bond motifs is 1. The van der Waals surface area contributed by atoms with E-state index in [0.29, 0.717) is 18.7 Å². The van der Waals surface area contributed by atoms with Crippen LogP contribution in [0, 0.1) is 13.8 Å². The number of aliphatic hydroxyl groups excluding tert-OH is 1. The number of aryl methyl sites for hydroxylation is 2. The van der Waals surface area contributed by atoms with Crippen molar-refractivity contribution in [3.63, 3.8) is 0 Å². The normalized spacial score (nSPS) is 14.0. The Balaban J connectivity index is 2.31. The molecule has 0 fully saturated rings. The minimum atomic E-state index is -0.597. The fourth-order valence-corrected chi connectivity index (χ4v) is 2.74. The van der Waals surface area contributed by atoms with E-state index >= 15 is 0 Å². The van der Waals surface area contributed by atoms with Crippen molar-refractivity contribution in [3.05, 3.63) is 35.0 Å². The molecule has 5 heteroatoms. The number of carbonyl (C=O) groups excluding carboxylic acids is 1. The van der Waals surface area contributed by atoms with E-state index < -0.39 is 5.54 Å². The molecule has 1 amide bonds. The van der Waals surface area contributed by atoms with Gasteiger partial charge in [0, 0.05) is 24.6 Å². The van der Waals surface area contributed by atoms with Crippen molar-refractivity contribution in [3.8, 4) is 0 Å². The number of amides is 1. The molecule has 0 saturated heterocycles. The van der Waals surface area contributed by atoms with Crippen LogP contribution in [0.3, 0.4) is 0 Å². The molecule has 22 heavy (non-hydrogen) atoms. The Morgan fingerprint density at radius 2 is 2.14 bits per heavy atom. The van der Waals surface area contributed by atoms with Crippen LogP contribution in [0.5, 0.6) is 0 Å². The van der Waals surface area contributed by atoms with Crippen LogP contribution >= 0.6 is 0 Å². The molecule has 5 nitrogen and oxygen atoms in total. The summed E-state index contributed by atoms with van der Waals surface area (Å²) >= 11 is 0. The zero-order valence-corrected chi connectivity index (χ0v) is 13.6. The lowest BCUT2D eigenvalue weighted by molar-refractivity contribution is 0.0722. The molecule has 0 aliphatic carbocycles. The average Bonchev–Trinajstić information content (AvgIpc) is 2.76. The van der Waals surface area contributed by atoms with E-state index in [9.17, 15) is 9.90 Å². The highest BCUT2D eigenvalue weighted by atomic mass is 16.5. The third-order valence-corrected chi connectivity index (χ3v) is 3.98. The SMILES string of the molecule is COCC(C)(CCO)NC(=O)c1[nH]c2ccc(C)cc2c1C. The third kappa shape index (κ3) is 3.31. The summed E-state index contributed by atoms with van der Waals surface area (Å²) in [6, 6.07) is 6.07. The molecule has 0 aliphatic rings. The number of ether oxygens (including phenoxy) is 1. The van der Waals surface area contributed by atoms with Crippen LogP contribution < -0.4 is 5.32 Å². The van der Waals surface area contributed by atoms with Crippen molar-refractivity contribution in [2.75, 3.05) is 20.3 Å². The van der Waals surface area contributed by atoms with Gasteiger partial charge >= 0.3 is 0 Å². The molecular formula is C17H24N2O3. The number of aliphatic hydroxyl groups is 1. The molecule has 3 N–H and O–H groups in total. The Hall–Kier alpha value is -1.85. The Morgan fingerprint density at radius 1 is 1.41 bits per heavy atom. The molecule has 0 saturated carbocycles. The van der Waals surface area contributed by atoms with Gasteiger partial charge in [-0.2, -0.15) is 0 Å². The van der Waals surface area contributed by atoms with Gasteiger partial charge in [0.1, 0.15) is 5.69 Å². The molecule has 1 unspecified atom stereocenters. The molecule has 2 rings (SSSR count). The summed E-state index contributed by atoms with van der Waals surface area (Å²) in [6.45, 7) is 6.17. The highest BCUT2D eigenvalue weighted by Gasteiger charge is 2.28. The average molecular weight is 304 g/mol. The van der Waals surface area contributed by atoms with Crippen molar-refractivity contribution >= 4 is 16.8 Å². The zero-order valence-electron chi connectivity index (χ0n) is 13.6. The monoisotopic (exact) mass is 304 g/mol. The number of aromatic amines is 1. The standard InChI is InChI=1S/C17H24N2O3/c1-11-5-6-14-13(9-11)12(2)15(18-14)16(21)19-17(3,7-8-20)10-22-4/h5-6,9,18,20H,7-8,10H2,1-4H3,(H,19,21). The minimum Gasteiger partial charge on any atom is -0.396 e. The molecule has 0 bridgehead atoms. The first-order chi connectivity index (χ1) is 10.4. The summed E-state index contributed by atoms with van der Waals surface area (Å²) in [6.07, 6.45) is 0.435. The first-order valence-electron chi connectivity index (χ1n) is 7.41. The number of nitrogens with one attached hydrogen (secondary N) is 2. The number of hydrogen-bond acceptors (Lipinski definition) is 3. The van der Waals surface area contributed by atoms with Crippen molar-refractivity contribution in [2.24, 2.45) is 0 Å². The Kier molecular flexibility index (Phi) is 4.88. The lowest BCUT2D eigenvalue weighted by atomic mass is 9.99. The van der Waals surface area contributed by atoms with Gasteiger partial charge in [0.05, 0.1) is 12.1 Å². The maximum Gasteiger partial charge on any atom is 0.268 e. The van der Waals surface area contributed by atoms with E-state index in [1.54, 1.807) is 7.11 Å². The van der Waals surface area contributed by atoms with Crippen molar-refractivity contribution in [1.82, 2.24) is 10.3 Å². The summed E-state index contributed by atoms with van der Waals surface area (Å²) < 4.78 is 5.17. The second-order valence-electron chi connectivity index (χ2n) is 6.10. The maximum absolute atomic E-state index is 12.6. The molecule has 2 aromatic rings. The number of methoxy groups -OCH3 is 1. The highest BCUT2D eigenvalue weighted by Crippen LogP contribution is 2.23. The molecular weight excluding hydrogens is 280 g/mol. The number of hydrogen-bond donors (Lipinski definition) is 3. The number of H-pyrrole nitrogens is 1. The van der Waals surface area contributed by atoms with Crippen LogP contribution in [0.25, 0.3) is 10.9 Å². The Morgan fingerprint density at radius 3 is 2.77 bits per heavy atom. The summed E-state index contributed by atoms with van der Waals surface area (Å²) in [5.41, 5.74) is 3.00. The van der Waals surface area contributed by atoms with Gasteiger partial charge in [0.15, 0.2) is 0 Å². The first-order valence-corrected chi connectivity index (χ1v) is 7.41. The van der Waals surface area contributed by atoms with E-state index in [0.717, 1.165) is 22.0 Å². The van der Waals surface area contributed by atoms with Gasteiger partial charge in [0.25, 0.3) is 5.91 Å². The van der Waals surface area contributed by atoms with Gasteiger partial charge in [-0.25, -0.2) is 0 Å². The lowest BCUT2D eigenvalue weighted by Crippen LogP contribution is -2.50. The predicted molar refractivity (Wildman–Crippen MR) is 87.2 cm³/mol. The van der Waals surface area contributed by atoms with Gasteiger partial charge < -0.3 is 20.1 Å². The topological polar surface area (TPSA) is 74.3 Å². The van der Waals surface area contributed by atoms with Crippen LogP contribution in [-0.4, -0.2) is 41.9 Å². The lowest BCUT2D eigenvalue weighted by Gasteiger charge is -2.29. The Bertz CT molecular complexity index is 670. The number of rotatable bonds is 6. The van der Waals surface area contributed by atoms with E-state index in [1.807, 2.05) is 32.9 Å². The molecule has 1 aromatic carbocycles. The summed E-state index contributed by atoms with van der Waals surface area (Å²) in [7, 11) is 1.58. The van der Waals surface area contributed by atoms with E-state index in [4.69, 9.17) is 4.74 Å². The molecule has 1 heterocycles. The summed E-state index contributed by atoms with van der Waals surface area (Å²) in [5, 5.41) is 13.2. The fourth-order valence-electron chi connectivity index (χ4n) is 2.74. The molecule has 0 radical (unpaired) electrons. The quantitative estimate of drug-likeness (QED) is 0.766. The number of carbonyl (C=O) groups is 1. The zero-order chi connectivity index (χ0) is 16.3. The summed E-state index contributed by atoms with van der Waals surface area (Å²) in [4.78, 5) is 15.8. The molecule has 0 aliphatic heterocycles. The smallest absolute Gasteiger partial charge is 0.268 e. The van der Waals surface area contributed by atoms with Gasteiger partial charge in [-0.15, -0.1) is 0 Å². The van der Waals surface area contributed by atoms with Gasteiger partial charge in [-0.3, -0.25) is 4.79 Å². The van der Waals surface area contributed by atoms with Crippen LogP contribution in [-0.2, 0) is 4.74 Å². The second-order valence-corrected chi connectivity index (χ2v) is 6.10. The molecule has 0 spiro atoms. The predicted octanol–water partition coefficient (Wildman–Crippen LogP) is 2.30. The minimum absolute atomic E-state index is 0.00891. The molecule has 1 aromatic heterocycles. The van der Waals surface area contributed by atoms with Gasteiger partial charge in [0.2, 0.25) is 0 Å². The summed E-state index contributed by atoms with van der Waals surface area (Å²) in [5.74, 6) is -0.181. The first kappa shape index (κ1) is 16.5. The van der Waals surface area contributed by atoms with Crippen LogP contribution in [0.1, 0.15) is 35.0 Å². The second kappa shape index (κ2) is 6.50. The van der Waals surface area contributed by atoms with E-state index in [2.05, 4.69) is 16.4 Å². The van der Waals surface area contributed by atoms with Crippen molar-refractivity contribution < 1.29 is 14.6 Å². The third-order valence-electron chi connectivity index (χ3n) is 3.98. The van der Waals surface area contributed by atoms with Crippen molar-refractivity contribution in [2.45, 2.75) is 32.7 Å². The van der Waals surface area contributed by atoms with Gasteiger partial charge in [-0.1, -0.05) is 11.6 Å². The number of benzene rings is 1. The Labute approximate surface area is 130 Å². The van der Waals surface area contributed by atoms with Gasteiger partial charge in [-0.05, 0) is 44.9 Å². The van der Waals surface area contributed by atoms with Crippen molar-refractivity contribution in [1.29, 1.82) is 0 Å². The van der Waals surface area contributed by atoms with Crippen LogP contribution in [0.4, 0.5) is 0 Å². The number of aromatic nitrogens is 1. The maximum atomic E-state index is 12.6. The van der Waals surface area contributed by atoms with Crippen LogP contribution in [0.15, 0.2) is 18.2 Å². The van der Waals surface area contributed by atoms with E-state index in [1.165, 1.54) is 0 Å². The highest BCUT2D eigenvalue weighted by molar-refractivity contribution is 6.01. The largest absolute Gasteiger partial charge is 0.396 e. The molecule has 120 valence electrons. The van der Waals surface area contributed by atoms with E-state index in [-0.39, 0.29) is 12.5 Å². The molecule has 1 atom stereocenters. The van der Waals surface area contributed by atoms with Crippen LogP contribution in [0.2, 0.25) is 0 Å².